The second kappa shape index (κ2) is 6.70. The molecular formula is C14H26N4O. The fraction of sp³-hybridized carbons (Fsp3) is 0.714. The molecule has 0 saturated heterocycles. The van der Waals surface area contributed by atoms with Crippen molar-refractivity contribution in [2.75, 3.05) is 24.2 Å². The molecule has 5 heteroatoms. The molecular weight excluding hydrogens is 240 g/mol. The summed E-state index contributed by atoms with van der Waals surface area (Å²) in [6, 6.07) is 0. The maximum Gasteiger partial charge on any atom is 0.134 e. The fourth-order valence-corrected chi connectivity index (χ4v) is 2.11. The normalized spacial score (nSPS) is 13.2. The highest BCUT2D eigenvalue weighted by molar-refractivity contribution is 5.57. The highest BCUT2D eigenvalue weighted by Crippen LogP contribution is 2.22. The molecule has 0 aromatic carbocycles. The molecule has 1 atom stereocenters. The second-order valence-corrected chi connectivity index (χ2v) is 5.95. The first-order valence-electron chi connectivity index (χ1n) is 6.81. The van der Waals surface area contributed by atoms with Gasteiger partial charge in [0.2, 0.25) is 0 Å². The molecule has 5 nitrogen and oxygen atoms in total. The maximum absolute atomic E-state index is 10.0. The average molecular weight is 266 g/mol. The van der Waals surface area contributed by atoms with E-state index >= 15 is 0 Å². The third-order valence-electron chi connectivity index (χ3n) is 2.89. The molecule has 1 aromatic heterocycles. The summed E-state index contributed by atoms with van der Waals surface area (Å²) in [4.78, 5) is 8.44. The monoisotopic (exact) mass is 266 g/mol. The van der Waals surface area contributed by atoms with E-state index < -0.39 is 0 Å². The molecule has 1 heterocycles. The Morgan fingerprint density at radius 3 is 2.42 bits per heavy atom. The van der Waals surface area contributed by atoms with Gasteiger partial charge in [-0.25, -0.2) is 9.97 Å². The molecule has 1 unspecified atom stereocenters. The van der Waals surface area contributed by atoms with Gasteiger partial charge in [0.15, 0.2) is 0 Å². The lowest BCUT2D eigenvalue weighted by Gasteiger charge is -2.23. The number of nitrogens with one attached hydrogen (secondary N) is 2. The smallest absolute Gasteiger partial charge is 0.134 e. The zero-order valence-corrected chi connectivity index (χ0v) is 12.6. The Hall–Kier alpha value is -1.36. The molecule has 0 radical (unpaired) electrons. The van der Waals surface area contributed by atoms with Crippen LogP contribution in [0.3, 0.4) is 0 Å². The summed E-state index contributed by atoms with van der Waals surface area (Å²) in [5.41, 5.74) is 1.17. The van der Waals surface area contributed by atoms with Crippen LogP contribution in [0.1, 0.15) is 39.7 Å². The molecule has 108 valence electrons. The number of hydrogen-bond donors (Lipinski definition) is 3. The highest BCUT2D eigenvalue weighted by atomic mass is 16.3. The van der Waals surface area contributed by atoms with Gasteiger partial charge in [-0.05, 0) is 18.3 Å². The fourth-order valence-electron chi connectivity index (χ4n) is 2.11. The van der Waals surface area contributed by atoms with Crippen LogP contribution in [0.25, 0.3) is 0 Å². The molecule has 0 aliphatic rings. The van der Waals surface area contributed by atoms with Crippen molar-refractivity contribution in [1.29, 1.82) is 0 Å². The number of aliphatic hydroxyl groups is 1. The van der Waals surface area contributed by atoms with Crippen molar-refractivity contribution < 1.29 is 5.11 Å². The zero-order valence-electron chi connectivity index (χ0n) is 12.6. The van der Waals surface area contributed by atoms with Gasteiger partial charge in [0.1, 0.15) is 18.0 Å². The van der Waals surface area contributed by atoms with Crippen molar-refractivity contribution in [3.05, 3.63) is 11.9 Å². The van der Waals surface area contributed by atoms with E-state index in [0.29, 0.717) is 6.54 Å². The van der Waals surface area contributed by atoms with E-state index in [-0.39, 0.29) is 11.5 Å². The molecule has 19 heavy (non-hydrogen) atoms. The maximum atomic E-state index is 10.0. The Bertz CT molecular complexity index is 401. The summed E-state index contributed by atoms with van der Waals surface area (Å²) >= 11 is 0. The largest absolute Gasteiger partial charge is 0.391 e. The van der Waals surface area contributed by atoms with E-state index in [1.807, 2.05) is 7.05 Å². The molecule has 0 spiro atoms. The van der Waals surface area contributed by atoms with Crippen molar-refractivity contribution in [3.63, 3.8) is 0 Å². The van der Waals surface area contributed by atoms with Crippen LogP contribution in [-0.2, 0) is 6.42 Å². The summed E-state index contributed by atoms with van der Waals surface area (Å²) in [6.07, 6.45) is 2.75. The minimum Gasteiger partial charge on any atom is -0.391 e. The van der Waals surface area contributed by atoms with Crippen LogP contribution in [0.2, 0.25) is 0 Å². The Kier molecular flexibility index (Phi) is 5.54. The van der Waals surface area contributed by atoms with E-state index in [1.54, 1.807) is 0 Å². The van der Waals surface area contributed by atoms with Crippen LogP contribution in [0, 0.1) is 5.41 Å². The number of aliphatic hydroxyl groups excluding tert-OH is 1. The molecule has 1 aromatic rings. The van der Waals surface area contributed by atoms with Gasteiger partial charge in [-0.2, -0.15) is 0 Å². The minimum absolute atomic E-state index is 0.122. The van der Waals surface area contributed by atoms with Gasteiger partial charge in [-0.1, -0.05) is 27.7 Å². The van der Waals surface area contributed by atoms with Crippen LogP contribution in [-0.4, -0.2) is 34.8 Å². The quantitative estimate of drug-likeness (QED) is 0.737. The Labute approximate surface area is 115 Å². The summed E-state index contributed by atoms with van der Waals surface area (Å²) in [7, 11) is 1.85. The summed E-state index contributed by atoms with van der Waals surface area (Å²) in [5, 5.41) is 16.3. The van der Waals surface area contributed by atoms with E-state index in [4.69, 9.17) is 0 Å². The van der Waals surface area contributed by atoms with Crippen LogP contribution < -0.4 is 10.6 Å². The van der Waals surface area contributed by atoms with E-state index in [9.17, 15) is 5.11 Å². The van der Waals surface area contributed by atoms with E-state index in [2.05, 4.69) is 48.3 Å². The number of hydrogen-bond acceptors (Lipinski definition) is 5. The Morgan fingerprint density at radius 2 is 1.89 bits per heavy atom. The molecule has 3 N–H and O–H groups in total. The van der Waals surface area contributed by atoms with E-state index in [1.165, 1.54) is 6.33 Å². The summed E-state index contributed by atoms with van der Waals surface area (Å²) in [6.45, 7) is 8.94. The predicted molar refractivity (Wildman–Crippen MR) is 79.5 cm³/mol. The first kappa shape index (κ1) is 15.7. The standard InChI is InChI=1S/C14H26N4O/c1-6-11-12(15-5)17-9-18-13(11)16-8-10(19)7-14(2,3)4/h9-10,19H,6-8H2,1-5H3,(H2,15,16,17,18). The molecule has 0 amide bonds. The van der Waals surface area contributed by atoms with Crippen molar-refractivity contribution in [2.45, 2.75) is 46.6 Å². The minimum atomic E-state index is -0.377. The predicted octanol–water partition coefficient (Wildman–Crippen LogP) is 2.29. The third kappa shape index (κ3) is 5.03. The van der Waals surface area contributed by atoms with Crippen LogP contribution >= 0.6 is 0 Å². The molecule has 0 aliphatic heterocycles. The summed E-state index contributed by atoms with van der Waals surface area (Å²) < 4.78 is 0. The molecule has 0 fully saturated rings. The molecule has 1 rings (SSSR count). The average Bonchev–Trinajstić information content (AvgIpc) is 2.33. The number of anilines is 2. The van der Waals surface area contributed by atoms with Gasteiger partial charge in [0, 0.05) is 19.2 Å². The zero-order chi connectivity index (χ0) is 14.5. The third-order valence-corrected chi connectivity index (χ3v) is 2.89. The lowest BCUT2D eigenvalue weighted by molar-refractivity contribution is 0.132. The van der Waals surface area contributed by atoms with Crippen molar-refractivity contribution in [2.24, 2.45) is 5.41 Å². The molecule has 0 saturated carbocycles. The van der Waals surface area contributed by atoms with Gasteiger partial charge in [-0.3, -0.25) is 0 Å². The second-order valence-electron chi connectivity index (χ2n) is 5.95. The summed E-state index contributed by atoms with van der Waals surface area (Å²) in [5.74, 6) is 1.64. The molecule has 0 aliphatic carbocycles. The Morgan fingerprint density at radius 1 is 1.26 bits per heavy atom. The van der Waals surface area contributed by atoms with Crippen molar-refractivity contribution in [3.8, 4) is 0 Å². The SMILES string of the molecule is CCc1c(NC)ncnc1NCC(O)CC(C)(C)C. The van der Waals surface area contributed by atoms with Crippen LogP contribution in [0.5, 0.6) is 0 Å². The topological polar surface area (TPSA) is 70.1 Å². The van der Waals surface area contributed by atoms with Gasteiger partial charge in [0.25, 0.3) is 0 Å². The molecule has 0 bridgehead atoms. The Balaban J connectivity index is 2.67. The highest BCUT2D eigenvalue weighted by Gasteiger charge is 2.17. The van der Waals surface area contributed by atoms with Crippen LogP contribution in [0.15, 0.2) is 6.33 Å². The first-order valence-corrected chi connectivity index (χ1v) is 6.81. The number of aromatic nitrogens is 2. The lowest BCUT2D eigenvalue weighted by atomic mass is 9.89. The van der Waals surface area contributed by atoms with E-state index in [0.717, 1.165) is 30.0 Å². The first-order chi connectivity index (χ1) is 8.87. The van der Waals surface area contributed by atoms with Gasteiger partial charge >= 0.3 is 0 Å². The van der Waals surface area contributed by atoms with Crippen LogP contribution in [0.4, 0.5) is 11.6 Å². The van der Waals surface area contributed by atoms with Gasteiger partial charge in [-0.15, -0.1) is 0 Å². The van der Waals surface area contributed by atoms with Crippen molar-refractivity contribution >= 4 is 11.6 Å². The van der Waals surface area contributed by atoms with Gasteiger partial charge in [0.05, 0.1) is 6.10 Å². The number of rotatable bonds is 6. The lowest BCUT2D eigenvalue weighted by Crippen LogP contribution is -2.26. The van der Waals surface area contributed by atoms with Crippen molar-refractivity contribution in [1.82, 2.24) is 9.97 Å². The number of nitrogens with zero attached hydrogens (tertiary/aromatic N) is 2. The van der Waals surface area contributed by atoms with Gasteiger partial charge < -0.3 is 15.7 Å².